The number of furan rings is 1. The quantitative estimate of drug-likeness (QED) is 0.467. The summed E-state index contributed by atoms with van der Waals surface area (Å²) in [5.41, 5.74) is 2.78. The Morgan fingerprint density at radius 1 is 1.06 bits per heavy atom. The van der Waals surface area contributed by atoms with Gasteiger partial charge in [0.25, 0.3) is 5.91 Å². The van der Waals surface area contributed by atoms with Gasteiger partial charge in [0.05, 0.1) is 6.04 Å². The first kappa shape index (κ1) is 24.1. The molecule has 1 fully saturated rings. The van der Waals surface area contributed by atoms with Gasteiger partial charge < -0.3 is 19.0 Å². The highest BCUT2D eigenvalue weighted by atomic mass is 19.1. The van der Waals surface area contributed by atoms with Gasteiger partial charge in [-0.3, -0.25) is 9.59 Å². The third-order valence-electron chi connectivity index (χ3n) is 6.93. The van der Waals surface area contributed by atoms with E-state index in [4.69, 9.17) is 9.15 Å². The van der Waals surface area contributed by atoms with Crippen molar-refractivity contribution in [3.8, 4) is 5.75 Å². The zero-order valence-corrected chi connectivity index (χ0v) is 20.7. The number of hydrogen-bond donors (Lipinski definition) is 0. The number of nitrogens with zero attached hydrogens (tertiary/aromatic N) is 2. The van der Waals surface area contributed by atoms with Crippen molar-refractivity contribution >= 4 is 11.8 Å². The highest BCUT2D eigenvalue weighted by Crippen LogP contribution is 2.38. The number of ether oxygens (including phenoxy) is 1. The predicted octanol–water partition coefficient (Wildman–Crippen LogP) is 5.36. The van der Waals surface area contributed by atoms with Crippen LogP contribution in [0.25, 0.3) is 0 Å². The maximum absolute atomic E-state index is 14.2. The summed E-state index contributed by atoms with van der Waals surface area (Å²) in [5, 5.41) is 0. The first-order valence-corrected chi connectivity index (χ1v) is 12.6. The summed E-state index contributed by atoms with van der Waals surface area (Å²) in [6, 6.07) is 15.4. The molecule has 3 aromatic rings. The van der Waals surface area contributed by atoms with Gasteiger partial charge in [-0.15, -0.1) is 0 Å². The van der Waals surface area contributed by atoms with Crippen LogP contribution < -0.4 is 4.74 Å². The molecule has 0 aliphatic carbocycles. The van der Waals surface area contributed by atoms with E-state index in [2.05, 4.69) is 0 Å². The Morgan fingerprint density at radius 2 is 1.86 bits per heavy atom. The lowest BCUT2D eigenvalue weighted by molar-refractivity contribution is -0.136. The molecule has 5 rings (SSSR count). The standard InChI is InChI=1S/C29H31FN2O4/c1-19(2)28(33)32-15-12-20-8-9-23(17-25(20)27(32)21-6-5-7-22(30)16-21)35-18-24-10-11-26(36-24)29(34)31-13-3-4-14-31/h5-11,16-17,19,27H,3-4,12-15,18H2,1-2H3/t27-/m1/s1. The van der Waals surface area contributed by atoms with Gasteiger partial charge >= 0.3 is 0 Å². The molecule has 0 N–H and O–H groups in total. The number of carbonyl (C=O) groups is 2. The van der Waals surface area contributed by atoms with Crippen LogP contribution in [-0.4, -0.2) is 41.2 Å². The van der Waals surface area contributed by atoms with Crippen molar-refractivity contribution in [1.29, 1.82) is 0 Å². The third kappa shape index (κ3) is 4.87. The highest BCUT2D eigenvalue weighted by Gasteiger charge is 2.33. The lowest BCUT2D eigenvalue weighted by Gasteiger charge is -2.39. The number of likely N-dealkylation sites (tertiary alicyclic amines) is 1. The van der Waals surface area contributed by atoms with Crippen LogP contribution in [0.5, 0.6) is 5.75 Å². The first-order chi connectivity index (χ1) is 17.4. The second-order valence-electron chi connectivity index (χ2n) is 9.81. The Bertz CT molecular complexity index is 1260. The van der Waals surface area contributed by atoms with Crippen LogP contribution in [0.4, 0.5) is 4.39 Å². The van der Waals surface area contributed by atoms with Gasteiger partial charge in [0.1, 0.15) is 23.9 Å². The molecule has 6 nitrogen and oxygen atoms in total. The summed E-state index contributed by atoms with van der Waals surface area (Å²) >= 11 is 0. The molecule has 0 spiro atoms. The van der Waals surface area contributed by atoms with Crippen molar-refractivity contribution in [2.24, 2.45) is 5.92 Å². The zero-order chi connectivity index (χ0) is 25.2. The lowest BCUT2D eigenvalue weighted by atomic mass is 9.87. The van der Waals surface area contributed by atoms with Crippen LogP contribution in [0.15, 0.2) is 59.0 Å². The number of benzene rings is 2. The number of hydrogen-bond acceptors (Lipinski definition) is 4. The van der Waals surface area contributed by atoms with Crippen molar-refractivity contribution in [3.05, 3.63) is 88.6 Å². The number of halogens is 1. The van der Waals surface area contributed by atoms with Crippen LogP contribution in [0.3, 0.4) is 0 Å². The van der Waals surface area contributed by atoms with Crippen molar-refractivity contribution in [2.75, 3.05) is 19.6 Å². The Labute approximate surface area is 210 Å². The van der Waals surface area contributed by atoms with Crippen molar-refractivity contribution in [2.45, 2.75) is 45.8 Å². The molecule has 0 bridgehead atoms. The maximum atomic E-state index is 14.2. The highest BCUT2D eigenvalue weighted by molar-refractivity contribution is 5.91. The Balaban J connectivity index is 1.38. The SMILES string of the molecule is CC(C)C(=O)N1CCc2ccc(OCc3ccc(C(=O)N4CCCC4)o3)cc2[C@H]1c1cccc(F)c1. The molecular formula is C29H31FN2O4. The molecule has 2 amide bonds. The van der Waals surface area contributed by atoms with E-state index in [0.29, 0.717) is 23.8 Å². The molecule has 36 heavy (non-hydrogen) atoms. The Kier molecular flexibility index (Phi) is 6.81. The minimum Gasteiger partial charge on any atom is -0.486 e. The molecule has 188 valence electrons. The van der Waals surface area contributed by atoms with E-state index in [1.165, 1.54) is 12.1 Å². The molecule has 2 aliphatic rings. The number of rotatable bonds is 6. The number of carbonyl (C=O) groups excluding carboxylic acids is 2. The van der Waals surface area contributed by atoms with E-state index < -0.39 is 6.04 Å². The fourth-order valence-electron chi connectivity index (χ4n) is 5.09. The van der Waals surface area contributed by atoms with E-state index in [-0.39, 0.29) is 30.2 Å². The Hall–Kier alpha value is -3.61. The molecule has 0 saturated carbocycles. The van der Waals surface area contributed by atoms with E-state index in [9.17, 15) is 14.0 Å². The van der Waals surface area contributed by atoms with E-state index in [1.807, 2.05) is 47.9 Å². The van der Waals surface area contributed by atoms with Crippen molar-refractivity contribution < 1.29 is 23.1 Å². The monoisotopic (exact) mass is 490 g/mol. The van der Waals surface area contributed by atoms with Gasteiger partial charge in [-0.05, 0) is 72.4 Å². The van der Waals surface area contributed by atoms with E-state index in [1.54, 1.807) is 18.2 Å². The van der Waals surface area contributed by atoms with Gasteiger partial charge in [0.15, 0.2) is 5.76 Å². The van der Waals surface area contributed by atoms with E-state index >= 15 is 0 Å². The zero-order valence-electron chi connectivity index (χ0n) is 20.7. The summed E-state index contributed by atoms with van der Waals surface area (Å²) in [5.74, 6) is 0.966. The summed E-state index contributed by atoms with van der Waals surface area (Å²) in [7, 11) is 0. The summed E-state index contributed by atoms with van der Waals surface area (Å²) in [6.07, 6.45) is 2.77. The van der Waals surface area contributed by atoms with Crippen LogP contribution in [-0.2, 0) is 17.8 Å². The molecule has 7 heteroatoms. The van der Waals surface area contributed by atoms with Crippen LogP contribution in [0.1, 0.15) is 65.7 Å². The van der Waals surface area contributed by atoms with Crippen LogP contribution >= 0.6 is 0 Å². The second-order valence-corrected chi connectivity index (χ2v) is 9.81. The van der Waals surface area contributed by atoms with Crippen LogP contribution in [0, 0.1) is 11.7 Å². The normalized spacial score (nSPS) is 17.4. The molecule has 3 heterocycles. The molecular weight excluding hydrogens is 459 g/mol. The van der Waals surface area contributed by atoms with Gasteiger partial charge in [-0.25, -0.2) is 4.39 Å². The van der Waals surface area contributed by atoms with Crippen molar-refractivity contribution in [3.63, 3.8) is 0 Å². The fraction of sp³-hybridized carbons (Fsp3) is 0.379. The minimum atomic E-state index is -0.392. The molecule has 1 aromatic heterocycles. The van der Waals surface area contributed by atoms with Gasteiger partial charge in [0.2, 0.25) is 5.91 Å². The van der Waals surface area contributed by atoms with E-state index in [0.717, 1.165) is 49.0 Å². The fourth-order valence-corrected chi connectivity index (χ4v) is 5.09. The lowest BCUT2D eigenvalue weighted by Crippen LogP contribution is -2.42. The summed E-state index contributed by atoms with van der Waals surface area (Å²) < 4.78 is 26.0. The molecule has 2 aliphatic heterocycles. The van der Waals surface area contributed by atoms with Gasteiger partial charge in [-0.2, -0.15) is 0 Å². The summed E-state index contributed by atoms with van der Waals surface area (Å²) in [6.45, 7) is 6.04. The average Bonchev–Trinajstić information content (AvgIpc) is 3.58. The number of amides is 2. The first-order valence-electron chi connectivity index (χ1n) is 12.6. The maximum Gasteiger partial charge on any atom is 0.289 e. The predicted molar refractivity (Wildman–Crippen MR) is 133 cm³/mol. The van der Waals surface area contributed by atoms with Gasteiger partial charge in [0, 0.05) is 25.6 Å². The minimum absolute atomic E-state index is 0.0343. The average molecular weight is 491 g/mol. The van der Waals surface area contributed by atoms with Crippen molar-refractivity contribution in [1.82, 2.24) is 9.80 Å². The van der Waals surface area contributed by atoms with Crippen LogP contribution in [0.2, 0.25) is 0 Å². The third-order valence-corrected chi connectivity index (χ3v) is 6.93. The molecule has 2 aromatic carbocycles. The molecule has 0 unspecified atom stereocenters. The second kappa shape index (κ2) is 10.2. The largest absolute Gasteiger partial charge is 0.486 e. The molecule has 1 atom stereocenters. The smallest absolute Gasteiger partial charge is 0.289 e. The topological polar surface area (TPSA) is 63.0 Å². The van der Waals surface area contributed by atoms with Gasteiger partial charge in [-0.1, -0.05) is 32.0 Å². The Morgan fingerprint density at radius 3 is 2.61 bits per heavy atom. The summed E-state index contributed by atoms with van der Waals surface area (Å²) in [4.78, 5) is 29.3. The molecule has 0 radical (unpaired) electrons. The molecule has 1 saturated heterocycles. The number of fused-ring (bicyclic) bond motifs is 1.